The smallest absolute Gasteiger partial charge is 0.156 e. The molecule has 1 atom stereocenters. The molecule has 0 radical (unpaired) electrons. The van der Waals surface area contributed by atoms with Crippen molar-refractivity contribution in [2.45, 2.75) is 38.4 Å². The van der Waals surface area contributed by atoms with Gasteiger partial charge in [0.1, 0.15) is 0 Å². The fourth-order valence-electron chi connectivity index (χ4n) is 2.35. The van der Waals surface area contributed by atoms with E-state index in [1.54, 1.807) is 0 Å². The van der Waals surface area contributed by atoms with E-state index in [1.165, 1.54) is 37.5 Å². The number of rotatable bonds is 3. The molecule has 0 saturated carbocycles. The van der Waals surface area contributed by atoms with Crippen molar-refractivity contribution in [1.29, 1.82) is 0 Å². The molecule has 0 bridgehead atoms. The first-order valence-corrected chi connectivity index (χ1v) is 7.63. The third-order valence-corrected chi connectivity index (χ3v) is 5.35. The van der Waals surface area contributed by atoms with Gasteiger partial charge in [0.25, 0.3) is 0 Å². The first kappa shape index (κ1) is 13.2. The second-order valence-electron chi connectivity index (χ2n) is 5.76. The van der Waals surface area contributed by atoms with Crippen LogP contribution in [0.4, 0.5) is 0 Å². The van der Waals surface area contributed by atoms with Crippen LogP contribution in [0.2, 0.25) is 0 Å². The van der Waals surface area contributed by atoms with E-state index < -0.39 is 0 Å². The van der Waals surface area contributed by atoms with E-state index in [0.717, 1.165) is 13.1 Å². The lowest BCUT2D eigenvalue weighted by Gasteiger charge is -2.38. The van der Waals surface area contributed by atoms with Crippen LogP contribution in [0.1, 0.15) is 33.1 Å². The lowest BCUT2D eigenvalue weighted by Crippen LogP contribution is -2.42. The summed E-state index contributed by atoms with van der Waals surface area (Å²) in [7, 11) is 2.22. The van der Waals surface area contributed by atoms with Crippen LogP contribution in [0, 0.1) is 5.41 Å². The van der Waals surface area contributed by atoms with Gasteiger partial charge in [-0.2, -0.15) is 0 Å². The molecule has 0 aliphatic carbocycles. The SMILES string of the molecule is CCC1CN=C(NCC2(C)CCN(C)CC2)S1. The van der Waals surface area contributed by atoms with Crippen molar-refractivity contribution in [3.8, 4) is 0 Å². The summed E-state index contributed by atoms with van der Waals surface area (Å²) in [5, 5.41) is 5.45. The number of thioether (sulfide) groups is 1. The number of aliphatic imine (C=N–C) groups is 1. The minimum Gasteiger partial charge on any atom is -0.364 e. The zero-order valence-electron chi connectivity index (χ0n) is 11.3. The lowest BCUT2D eigenvalue weighted by atomic mass is 9.80. The Bertz CT molecular complexity index is 282. The van der Waals surface area contributed by atoms with Crippen molar-refractivity contribution in [2.24, 2.45) is 10.4 Å². The van der Waals surface area contributed by atoms with Gasteiger partial charge in [-0.3, -0.25) is 4.99 Å². The Labute approximate surface area is 109 Å². The van der Waals surface area contributed by atoms with Gasteiger partial charge in [-0.25, -0.2) is 0 Å². The van der Waals surface area contributed by atoms with Gasteiger partial charge in [0.2, 0.25) is 0 Å². The minimum absolute atomic E-state index is 0.458. The Hall–Kier alpha value is -0.220. The van der Waals surface area contributed by atoms with Crippen LogP contribution in [-0.2, 0) is 0 Å². The summed E-state index contributed by atoms with van der Waals surface area (Å²) in [6, 6.07) is 0. The maximum Gasteiger partial charge on any atom is 0.156 e. The van der Waals surface area contributed by atoms with E-state index in [9.17, 15) is 0 Å². The Morgan fingerprint density at radius 3 is 2.76 bits per heavy atom. The molecule has 2 aliphatic rings. The summed E-state index contributed by atoms with van der Waals surface area (Å²) in [6.07, 6.45) is 3.82. The molecule has 2 aliphatic heterocycles. The number of piperidine rings is 1. The average Bonchev–Trinajstić information content (AvgIpc) is 2.79. The normalized spacial score (nSPS) is 29.1. The first-order valence-electron chi connectivity index (χ1n) is 6.75. The lowest BCUT2D eigenvalue weighted by molar-refractivity contribution is 0.142. The van der Waals surface area contributed by atoms with Crippen LogP contribution in [0.5, 0.6) is 0 Å². The van der Waals surface area contributed by atoms with Crippen LogP contribution in [0.25, 0.3) is 0 Å². The van der Waals surface area contributed by atoms with E-state index in [-0.39, 0.29) is 0 Å². The highest BCUT2D eigenvalue weighted by molar-refractivity contribution is 8.14. The number of nitrogens with zero attached hydrogens (tertiary/aromatic N) is 2. The van der Waals surface area contributed by atoms with Crippen LogP contribution < -0.4 is 5.32 Å². The van der Waals surface area contributed by atoms with Crippen molar-refractivity contribution in [2.75, 3.05) is 33.2 Å². The molecule has 0 amide bonds. The van der Waals surface area contributed by atoms with Gasteiger partial charge in [-0.15, -0.1) is 0 Å². The summed E-state index contributed by atoms with van der Waals surface area (Å²) >= 11 is 1.93. The number of nitrogens with one attached hydrogen (secondary N) is 1. The predicted molar refractivity (Wildman–Crippen MR) is 76.8 cm³/mol. The average molecular weight is 255 g/mol. The molecular weight excluding hydrogens is 230 g/mol. The van der Waals surface area contributed by atoms with E-state index in [4.69, 9.17) is 0 Å². The van der Waals surface area contributed by atoms with E-state index >= 15 is 0 Å². The summed E-state index contributed by atoms with van der Waals surface area (Å²) in [5.74, 6) is 0. The highest BCUT2D eigenvalue weighted by atomic mass is 32.2. The number of amidine groups is 1. The molecule has 0 aromatic rings. The van der Waals surface area contributed by atoms with Crippen molar-refractivity contribution in [3.63, 3.8) is 0 Å². The topological polar surface area (TPSA) is 27.6 Å². The predicted octanol–water partition coefficient (Wildman–Crippen LogP) is 2.19. The Morgan fingerprint density at radius 2 is 2.18 bits per heavy atom. The molecule has 0 spiro atoms. The van der Waals surface area contributed by atoms with Crippen molar-refractivity contribution >= 4 is 16.9 Å². The summed E-state index contributed by atoms with van der Waals surface area (Å²) in [5.41, 5.74) is 0.458. The van der Waals surface area contributed by atoms with Gasteiger partial charge in [-0.05, 0) is 44.8 Å². The third-order valence-electron chi connectivity index (χ3n) is 4.03. The first-order chi connectivity index (χ1) is 8.11. The zero-order chi connectivity index (χ0) is 12.3. The molecule has 3 nitrogen and oxygen atoms in total. The summed E-state index contributed by atoms with van der Waals surface area (Å²) < 4.78 is 0. The number of hydrogen-bond donors (Lipinski definition) is 1. The minimum atomic E-state index is 0.458. The molecule has 1 saturated heterocycles. The van der Waals surface area contributed by atoms with Crippen molar-refractivity contribution in [3.05, 3.63) is 0 Å². The fourth-order valence-corrected chi connectivity index (χ4v) is 3.29. The molecule has 1 fully saturated rings. The molecule has 4 heteroatoms. The van der Waals surface area contributed by atoms with E-state index in [0.29, 0.717) is 10.7 Å². The summed E-state index contributed by atoms with van der Waals surface area (Å²) in [6.45, 7) is 9.20. The van der Waals surface area contributed by atoms with Gasteiger partial charge in [0.05, 0.1) is 6.54 Å². The van der Waals surface area contributed by atoms with Crippen molar-refractivity contribution < 1.29 is 0 Å². The molecule has 0 aromatic carbocycles. The maximum absolute atomic E-state index is 4.58. The van der Waals surface area contributed by atoms with E-state index in [1.807, 2.05) is 11.8 Å². The number of hydrogen-bond acceptors (Lipinski definition) is 4. The second-order valence-corrected chi connectivity index (χ2v) is 7.05. The molecule has 2 rings (SSSR count). The van der Waals surface area contributed by atoms with Crippen LogP contribution >= 0.6 is 11.8 Å². The largest absolute Gasteiger partial charge is 0.364 e. The van der Waals surface area contributed by atoms with Crippen LogP contribution in [-0.4, -0.2) is 48.5 Å². The van der Waals surface area contributed by atoms with Gasteiger partial charge in [0, 0.05) is 11.8 Å². The van der Waals surface area contributed by atoms with E-state index in [2.05, 4.69) is 36.1 Å². The van der Waals surface area contributed by atoms with Gasteiger partial charge in [-0.1, -0.05) is 25.6 Å². The molecule has 17 heavy (non-hydrogen) atoms. The van der Waals surface area contributed by atoms with Crippen molar-refractivity contribution in [1.82, 2.24) is 10.2 Å². The second kappa shape index (κ2) is 5.61. The highest BCUT2D eigenvalue weighted by Gasteiger charge is 2.29. The Kier molecular flexibility index (Phi) is 4.36. The Morgan fingerprint density at radius 1 is 1.47 bits per heavy atom. The summed E-state index contributed by atoms with van der Waals surface area (Å²) in [4.78, 5) is 7.00. The Balaban J connectivity index is 1.75. The zero-order valence-corrected chi connectivity index (χ0v) is 12.1. The molecule has 0 aromatic heterocycles. The molecule has 2 heterocycles. The monoisotopic (exact) mass is 255 g/mol. The molecule has 98 valence electrons. The number of likely N-dealkylation sites (tertiary alicyclic amines) is 1. The third kappa shape index (κ3) is 3.62. The van der Waals surface area contributed by atoms with Crippen LogP contribution in [0.3, 0.4) is 0 Å². The molecule has 1 unspecified atom stereocenters. The molecule has 1 N–H and O–H groups in total. The van der Waals surface area contributed by atoms with Crippen LogP contribution in [0.15, 0.2) is 4.99 Å². The molecular formula is C13H25N3S. The van der Waals surface area contributed by atoms with Gasteiger partial charge in [0.15, 0.2) is 5.17 Å². The highest BCUT2D eigenvalue weighted by Crippen LogP contribution is 2.30. The quantitative estimate of drug-likeness (QED) is 0.838. The van der Waals surface area contributed by atoms with Gasteiger partial charge >= 0.3 is 0 Å². The fraction of sp³-hybridized carbons (Fsp3) is 0.923. The standard InChI is InChI=1S/C13H25N3S/c1-4-11-9-14-12(17-11)15-10-13(2)5-7-16(3)8-6-13/h11H,4-10H2,1-3H3,(H,14,15). The maximum atomic E-state index is 4.58. The van der Waals surface area contributed by atoms with Gasteiger partial charge < -0.3 is 10.2 Å².